The molecule has 2 N–H and O–H groups in total. The summed E-state index contributed by atoms with van der Waals surface area (Å²) in [5.41, 5.74) is 2.63. The molecule has 272 valence electrons. The number of carbonyl (C=O) groups is 3. The minimum Gasteiger partial charge on any atom is -0.405 e. The van der Waals surface area contributed by atoms with Crippen molar-refractivity contribution in [1.82, 2.24) is 14.8 Å². The Morgan fingerprint density at radius 1 is 0.902 bits per heavy atom. The number of nitrogens with zero attached hydrogens (tertiary/aromatic N) is 3. The zero-order valence-corrected chi connectivity index (χ0v) is 28.7. The van der Waals surface area contributed by atoms with Crippen LogP contribution in [0.1, 0.15) is 60.0 Å². The highest BCUT2D eigenvalue weighted by Gasteiger charge is 2.36. The van der Waals surface area contributed by atoms with Gasteiger partial charge in [0.2, 0.25) is 11.8 Å². The molecule has 4 heterocycles. The van der Waals surface area contributed by atoms with E-state index in [0.29, 0.717) is 90.9 Å². The van der Waals surface area contributed by atoms with Crippen LogP contribution in [-0.2, 0) is 16.6 Å². The van der Waals surface area contributed by atoms with Gasteiger partial charge in [-0.05, 0) is 99.2 Å². The molecular weight excluding hydrogens is 670 g/mol. The Hall–Kier alpha value is -4.88. The summed E-state index contributed by atoms with van der Waals surface area (Å²) >= 11 is 0. The fourth-order valence-corrected chi connectivity index (χ4v) is 7.58. The van der Waals surface area contributed by atoms with E-state index in [1.165, 1.54) is 22.8 Å². The quantitative estimate of drug-likeness (QED) is 0.239. The van der Waals surface area contributed by atoms with Gasteiger partial charge in [-0.25, -0.2) is 4.39 Å². The number of likely N-dealkylation sites (tertiary alicyclic amines) is 1. The van der Waals surface area contributed by atoms with E-state index in [0.717, 1.165) is 12.8 Å². The van der Waals surface area contributed by atoms with Gasteiger partial charge in [-0.1, -0.05) is 6.07 Å². The number of carbonyl (C=O) groups excluding carboxylic acids is 3. The smallest absolute Gasteiger partial charge is 0.405 e. The highest BCUT2D eigenvalue weighted by Crippen LogP contribution is 2.37. The zero-order valence-electron chi connectivity index (χ0n) is 28.7. The van der Waals surface area contributed by atoms with Gasteiger partial charge in [0.1, 0.15) is 17.6 Å². The lowest BCUT2D eigenvalue weighted by Gasteiger charge is -2.41. The molecule has 0 spiro atoms. The van der Waals surface area contributed by atoms with Crippen molar-refractivity contribution in [3.8, 4) is 16.9 Å². The van der Waals surface area contributed by atoms with E-state index in [4.69, 9.17) is 0 Å². The van der Waals surface area contributed by atoms with E-state index in [1.54, 1.807) is 50.2 Å². The van der Waals surface area contributed by atoms with E-state index < -0.39 is 35.8 Å². The fraction of sp³-hybridized carbons (Fsp3) is 0.459. The first-order valence-corrected chi connectivity index (χ1v) is 17.2. The van der Waals surface area contributed by atoms with Crippen LogP contribution in [0.4, 0.5) is 28.9 Å². The number of alkyl halides is 3. The molecule has 1 unspecified atom stereocenters. The number of hydrogen-bond donors (Lipinski definition) is 2. The standard InChI is InChI=1S/C37H41F4N5O5/c1-21-22(2)35(49)44(3)20-28(21)25-4-6-27(32(18-25)51-37(39,40)41)36(50)46-16-12-24(13-17-46)23-10-14-45(15-11-23)31-8-5-26(19-29(31)38)42-30-7-9-33(47)43-34(30)48/h4-6,8,18-20,23-24,30,42H,7,9-17H2,1-3H3,(H,43,47,48). The summed E-state index contributed by atoms with van der Waals surface area (Å²) in [4.78, 5) is 53.0. The van der Waals surface area contributed by atoms with Crippen LogP contribution in [0, 0.1) is 31.5 Å². The molecule has 6 rings (SSSR count). The van der Waals surface area contributed by atoms with Crippen LogP contribution in [0.25, 0.3) is 11.1 Å². The van der Waals surface area contributed by atoms with Crippen molar-refractivity contribution in [2.75, 3.05) is 36.4 Å². The van der Waals surface area contributed by atoms with Crippen LogP contribution in [-0.4, -0.2) is 65.8 Å². The number of ether oxygens (including phenoxy) is 1. The van der Waals surface area contributed by atoms with Crippen LogP contribution in [0.3, 0.4) is 0 Å². The molecule has 0 aliphatic carbocycles. The molecule has 0 saturated carbocycles. The number of pyridine rings is 1. The van der Waals surface area contributed by atoms with Crippen molar-refractivity contribution in [3.05, 3.63) is 75.5 Å². The van der Waals surface area contributed by atoms with Crippen molar-refractivity contribution in [1.29, 1.82) is 0 Å². The third-order valence-electron chi connectivity index (χ3n) is 10.6. The Kier molecular flexibility index (Phi) is 10.1. The molecule has 51 heavy (non-hydrogen) atoms. The second-order valence-corrected chi connectivity index (χ2v) is 13.7. The average molecular weight is 712 g/mol. The van der Waals surface area contributed by atoms with Crippen molar-refractivity contribution in [2.45, 2.75) is 64.8 Å². The predicted molar refractivity (Wildman–Crippen MR) is 183 cm³/mol. The van der Waals surface area contributed by atoms with Crippen LogP contribution in [0.5, 0.6) is 5.75 Å². The summed E-state index contributed by atoms with van der Waals surface area (Å²) in [5.74, 6) is -1.57. The van der Waals surface area contributed by atoms with Gasteiger partial charge in [-0.3, -0.25) is 24.5 Å². The number of imide groups is 1. The molecular formula is C37H41F4N5O5. The van der Waals surface area contributed by atoms with Crippen LogP contribution < -0.4 is 25.8 Å². The van der Waals surface area contributed by atoms with Gasteiger partial charge in [0.25, 0.3) is 11.5 Å². The molecule has 1 aromatic heterocycles. The summed E-state index contributed by atoms with van der Waals surface area (Å²) < 4.78 is 61.5. The number of benzene rings is 2. The van der Waals surface area contributed by atoms with E-state index >= 15 is 4.39 Å². The average Bonchev–Trinajstić information content (AvgIpc) is 3.09. The minimum absolute atomic E-state index is 0.178. The summed E-state index contributed by atoms with van der Waals surface area (Å²) in [6.07, 6.45) is 0.193. The molecule has 3 amide bonds. The Balaban J connectivity index is 1.06. The number of hydrogen-bond acceptors (Lipinski definition) is 7. The van der Waals surface area contributed by atoms with Gasteiger partial charge in [-0.15, -0.1) is 13.2 Å². The molecule has 3 aliphatic rings. The second-order valence-electron chi connectivity index (χ2n) is 13.7. The van der Waals surface area contributed by atoms with E-state index in [-0.39, 0.29) is 23.5 Å². The van der Waals surface area contributed by atoms with Crippen LogP contribution >= 0.6 is 0 Å². The van der Waals surface area contributed by atoms with E-state index in [2.05, 4.69) is 15.4 Å². The normalized spacial score (nSPS) is 19.2. The Labute approximate surface area is 292 Å². The molecule has 2 aromatic carbocycles. The predicted octanol–water partition coefficient (Wildman–Crippen LogP) is 5.69. The topological polar surface area (TPSA) is 113 Å². The molecule has 10 nitrogen and oxygen atoms in total. The lowest BCUT2D eigenvalue weighted by atomic mass is 9.78. The van der Waals surface area contributed by atoms with Crippen molar-refractivity contribution in [2.24, 2.45) is 18.9 Å². The molecule has 0 bridgehead atoms. The van der Waals surface area contributed by atoms with Gasteiger partial charge >= 0.3 is 6.36 Å². The number of amides is 3. The molecule has 0 radical (unpaired) electrons. The first-order valence-electron chi connectivity index (χ1n) is 17.2. The Morgan fingerprint density at radius 2 is 1.57 bits per heavy atom. The number of aromatic nitrogens is 1. The second kappa shape index (κ2) is 14.4. The fourth-order valence-electron chi connectivity index (χ4n) is 7.58. The molecule has 3 fully saturated rings. The van der Waals surface area contributed by atoms with Gasteiger partial charge in [0, 0.05) is 62.7 Å². The van der Waals surface area contributed by atoms with Gasteiger partial charge in [-0.2, -0.15) is 0 Å². The monoisotopic (exact) mass is 711 g/mol. The molecule has 3 saturated heterocycles. The van der Waals surface area contributed by atoms with E-state index in [1.807, 2.05) is 4.90 Å². The summed E-state index contributed by atoms with van der Waals surface area (Å²) in [6, 6.07) is 8.33. The number of halogens is 4. The van der Waals surface area contributed by atoms with Crippen molar-refractivity contribution in [3.63, 3.8) is 0 Å². The zero-order chi connectivity index (χ0) is 36.6. The van der Waals surface area contributed by atoms with Crippen LogP contribution in [0.2, 0.25) is 0 Å². The lowest BCUT2D eigenvalue weighted by molar-refractivity contribution is -0.274. The van der Waals surface area contributed by atoms with Gasteiger partial charge < -0.3 is 24.4 Å². The number of anilines is 2. The van der Waals surface area contributed by atoms with Crippen molar-refractivity contribution < 1.29 is 36.7 Å². The third kappa shape index (κ3) is 7.89. The molecule has 1 atom stereocenters. The Morgan fingerprint density at radius 3 is 2.20 bits per heavy atom. The number of piperidine rings is 3. The Bertz CT molecular complexity index is 1890. The highest BCUT2D eigenvalue weighted by molar-refractivity contribution is 6.01. The van der Waals surface area contributed by atoms with Gasteiger partial charge in [0.15, 0.2) is 0 Å². The third-order valence-corrected chi connectivity index (χ3v) is 10.6. The molecule has 3 aliphatic heterocycles. The van der Waals surface area contributed by atoms with Crippen molar-refractivity contribution >= 4 is 29.1 Å². The highest BCUT2D eigenvalue weighted by atomic mass is 19.4. The maximum atomic E-state index is 15.2. The van der Waals surface area contributed by atoms with Gasteiger partial charge in [0.05, 0.1) is 11.3 Å². The largest absolute Gasteiger partial charge is 0.573 e. The lowest BCUT2D eigenvalue weighted by Crippen LogP contribution is -2.47. The summed E-state index contributed by atoms with van der Waals surface area (Å²) in [6.45, 7) is 5.48. The summed E-state index contributed by atoms with van der Waals surface area (Å²) in [7, 11) is 1.57. The number of aryl methyl sites for hydroxylation is 1. The summed E-state index contributed by atoms with van der Waals surface area (Å²) in [5, 5.41) is 5.29. The molecule has 14 heteroatoms. The maximum Gasteiger partial charge on any atom is 0.573 e. The van der Waals surface area contributed by atoms with E-state index in [9.17, 15) is 32.3 Å². The first-order chi connectivity index (χ1) is 24.2. The molecule has 3 aromatic rings. The van der Waals surface area contributed by atoms with Crippen LogP contribution in [0.15, 0.2) is 47.4 Å². The number of rotatable bonds is 7. The minimum atomic E-state index is -5.01. The first kappa shape index (κ1) is 35.9. The maximum absolute atomic E-state index is 15.2. The number of nitrogens with one attached hydrogen (secondary N) is 2. The SMILES string of the molecule is Cc1c(-c2ccc(C(=O)N3CCC(C4CCN(c5ccc(NC6CCC(=O)NC6=O)cc5F)CC4)CC3)c(OC(F)(F)F)c2)cn(C)c(=O)c1C.